The fourth-order valence-electron chi connectivity index (χ4n) is 4.84. The van der Waals surface area contributed by atoms with E-state index in [-0.39, 0.29) is 11.8 Å². The summed E-state index contributed by atoms with van der Waals surface area (Å²) in [7, 11) is 0. The number of benzene rings is 2. The smallest absolute Gasteiger partial charge is 0.253 e. The van der Waals surface area contributed by atoms with Crippen molar-refractivity contribution in [3.05, 3.63) is 65.7 Å². The largest absolute Gasteiger partial charge is 0.489 e. The summed E-state index contributed by atoms with van der Waals surface area (Å²) < 4.78 is 5.77. The first-order valence-electron chi connectivity index (χ1n) is 10.4. The Kier molecular flexibility index (Phi) is 5.40. The van der Waals surface area contributed by atoms with Crippen molar-refractivity contribution in [3.63, 3.8) is 0 Å². The number of hydrogen-bond donors (Lipinski definition) is 1. The molecule has 3 atom stereocenters. The van der Waals surface area contributed by atoms with E-state index in [1.807, 2.05) is 59.5 Å². The second-order valence-corrected chi connectivity index (χ2v) is 8.22. The molecule has 1 aliphatic carbocycles. The number of carbonyl (C=O) groups excluding carboxylic acids is 1. The third-order valence-corrected chi connectivity index (χ3v) is 6.56. The normalized spacial score (nSPS) is 26.7. The second kappa shape index (κ2) is 7.96. The lowest BCUT2D eigenvalue weighted by Crippen LogP contribution is -2.44. The van der Waals surface area contributed by atoms with Gasteiger partial charge in [-0.3, -0.25) is 4.79 Å². The van der Waals surface area contributed by atoms with Crippen molar-refractivity contribution in [2.75, 3.05) is 13.1 Å². The molecule has 2 aliphatic rings. The highest BCUT2D eigenvalue weighted by molar-refractivity contribution is 5.94. The highest BCUT2D eigenvalue weighted by Crippen LogP contribution is 2.44. The minimum Gasteiger partial charge on any atom is -0.489 e. The van der Waals surface area contributed by atoms with Crippen LogP contribution < -0.4 is 4.74 Å². The Bertz CT molecular complexity index is 804. The van der Waals surface area contributed by atoms with Gasteiger partial charge in [0.2, 0.25) is 0 Å². The van der Waals surface area contributed by atoms with Gasteiger partial charge in [-0.25, -0.2) is 0 Å². The molecule has 1 saturated heterocycles. The summed E-state index contributed by atoms with van der Waals surface area (Å²) in [6.07, 6.45) is 3.81. The molecule has 2 aromatic rings. The molecule has 0 radical (unpaired) electrons. The van der Waals surface area contributed by atoms with Crippen LogP contribution in [0.2, 0.25) is 0 Å². The van der Waals surface area contributed by atoms with E-state index in [0.29, 0.717) is 24.6 Å². The Labute approximate surface area is 167 Å². The van der Waals surface area contributed by atoms with E-state index in [9.17, 15) is 9.90 Å². The maximum Gasteiger partial charge on any atom is 0.253 e. The number of carbonyl (C=O) groups is 1. The molecule has 1 heterocycles. The van der Waals surface area contributed by atoms with Crippen LogP contribution in [0.25, 0.3) is 0 Å². The van der Waals surface area contributed by atoms with Crippen LogP contribution in [0.3, 0.4) is 0 Å². The van der Waals surface area contributed by atoms with Crippen LogP contribution in [0.1, 0.15) is 48.5 Å². The molecule has 0 bridgehead atoms. The average Bonchev–Trinajstić information content (AvgIpc) is 3.19. The van der Waals surface area contributed by atoms with Crippen molar-refractivity contribution in [1.82, 2.24) is 4.90 Å². The second-order valence-electron chi connectivity index (χ2n) is 8.22. The lowest BCUT2D eigenvalue weighted by molar-refractivity contribution is -0.0609. The fourth-order valence-corrected chi connectivity index (χ4v) is 4.84. The van der Waals surface area contributed by atoms with Crippen LogP contribution in [-0.2, 0) is 6.61 Å². The summed E-state index contributed by atoms with van der Waals surface area (Å²) in [5, 5.41) is 11.0. The van der Waals surface area contributed by atoms with Gasteiger partial charge < -0.3 is 14.7 Å². The van der Waals surface area contributed by atoms with Gasteiger partial charge in [-0.15, -0.1) is 0 Å². The Hall–Kier alpha value is -2.33. The van der Waals surface area contributed by atoms with Crippen LogP contribution in [0.4, 0.5) is 0 Å². The molecule has 0 aromatic heterocycles. The first-order chi connectivity index (χ1) is 13.6. The zero-order valence-corrected chi connectivity index (χ0v) is 16.5. The van der Waals surface area contributed by atoms with Crippen molar-refractivity contribution >= 4 is 5.91 Å². The van der Waals surface area contributed by atoms with Crippen molar-refractivity contribution in [2.45, 2.75) is 44.8 Å². The van der Waals surface area contributed by atoms with Crippen molar-refractivity contribution < 1.29 is 14.6 Å². The van der Waals surface area contributed by atoms with Gasteiger partial charge in [0.1, 0.15) is 12.4 Å². The number of hydrogen-bond acceptors (Lipinski definition) is 3. The van der Waals surface area contributed by atoms with Crippen LogP contribution in [0, 0.1) is 11.8 Å². The van der Waals surface area contributed by atoms with Gasteiger partial charge >= 0.3 is 0 Å². The Morgan fingerprint density at radius 3 is 2.61 bits per heavy atom. The lowest BCUT2D eigenvalue weighted by atomic mass is 9.69. The molecule has 0 unspecified atom stereocenters. The maximum absolute atomic E-state index is 13.0. The number of rotatable bonds is 5. The van der Waals surface area contributed by atoms with E-state index in [1.54, 1.807) is 0 Å². The standard InChI is InChI=1S/C24H29NO3/c1-2-24(27)14-6-7-20-15-25(16-22(20)24)23(26)19-12-10-18(11-13-19)17-28-21-8-4-3-5-9-21/h3-5,8-13,20,22,27H,2,6-7,14-17H2,1H3/t20-,22+,24-/m1/s1. The van der Waals surface area contributed by atoms with Gasteiger partial charge in [0.05, 0.1) is 5.60 Å². The molecular formula is C24H29NO3. The van der Waals surface area contributed by atoms with Crippen LogP contribution in [-0.4, -0.2) is 34.6 Å². The summed E-state index contributed by atoms with van der Waals surface area (Å²) in [6.45, 7) is 3.98. The predicted octanol–water partition coefficient (Wildman–Crippen LogP) is 4.28. The van der Waals surface area contributed by atoms with E-state index in [4.69, 9.17) is 4.74 Å². The third kappa shape index (κ3) is 3.79. The SMILES string of the molecule is CC[C@@]1(O)CCC[C@@H]2CN(C(=O)c3ccc(COc4ccccc4)cc3)C[C@@H]21. The summed E-state index contributed by atoms with van der Waals surface area (Å²) in [5.41, 5.74) is 1.15. The van der Waals surface area contributed by atoms with E-state index >= 15 is 0 Å². The maximum atomic E-state index is 13.0. The monoisotopic (exact) mass is 379 g/mol. The summed E-state index contributed by atoms with van der Waals surface area (Å²) in [4.78, 5) is 14.9. The van der Waals surface area contributed by atoms with Gasteiger partial charge in [-0.2, -0.15) is 0 Å². The first kappa shape index (κ1) is 19.0. The Balaban J connectivity index is 1.39. The zero-order valence-electron chi connectivity index (χ0n) is 16.5. The van der Waals surface area contributed by atoms with Crippen molar-refractivity contribution in [3.8, 4) is 5.75 Å². The van der Waals surface area contributed by atoms with Crippen LogP contribution >= 0.6 is 0 Å². The molecule has 4 nitrogen and oxygen atoms in total. The third-order valence-electron chi connectivity index (χ3n) is 6.56. The first-order valence-corrected chi connectivity index (χ1v) is 10.4. The number of nitrogens with zero attached hydrogens (tertiary/aromatic N) is 1. The van der Waals surface area contributed by atoms with Crippen molar-refractivity contribution in [2.24, 2.45) is 11.8 Å². The summed E-state index contributed by atoms with van der Waals surface area (Å²) in [6, 6.07) is 17.4. The predicted molar refractivity (Wildman–Crippen MR) is 109 cm³/mol. The zero-order chi connectivity index (χ0) is 19.6. The van der Waals surface area contributed by atoms with Gasteiger partial charge in [-0.05, 0) is 55.0 Å². The van der Waals surface area contributed by atoms with Gasteiger partial charge in [0.25, 0.3) is 5.91 Å². The fraction of sp³-hybridized carbons (Fsp3) is 0.458. The molecule has 2 fully saturated rings. The number of ether oxygens (including phenoxy) is 1. The number of likely N-dealkylation sites (tertiary alicyclic amines) is 1. The van der Waals surface area contributed by atoms with Crippen molar-refractivity contribution in [1.29, 1.82) is 0 Å². The number of fused-ring (bicyclic) bond motifs is 1. The number of aliphatic hydroxyl groups is 1. The van der Waals surface area contributed by atoms with Gasteiger partial charge in [0, 0.05) is 24.6 Å². The number of para-hydroxylation sites is 1. The Morgan fingerprint density at radius 2 is 1.89 bits per heavy atom. The van der Waals surface area contributed by atoms with E-state index in [2.05, 4.69) is 6.92 Å². The highest BCUT2D eigenvalue weighted by Gasteiger charge is 2.48. The summed E-state index contributed by atoms with van der Waals surface area (Å²) >= 11 is 0. The van der Waals surface area contributed by atoms with Gasteiger partial charge in [0.15, 0.2) is 0 Å². The lowest BCUT2D eigenvalue weighted by Gasteiger charge is -2.40. The molecule has 1 N–H and O–H groups in total. The molecular weight excluding hydrogens is 350 g/mol. The molecule has 1 aliphatic heterocycles. The molecule has 28 heavy (non-hydrogen) atoms. The van der Waals surface area contributed by atoms with E-state index < -0.39 is 5.60 Å². The molecule has 1 amide bonds. The van der Waals surface area contributed by atoms with Crippen LogP contribution in [0.15, 0.2) is 54.6 Å². The summed E-state index contributed by atoms with van der Waals surface area (Å²) in [5.74, 6) is 1.56. The van der Waals surface area contributed by atoms with Gasteiger partial charge in [-0.1, -0.05) is 43.7 Å². The van der Waals surface area contributed by atoms with Crippen LogP contribution in [0.5, 0.6) is 5.75 Å². The average molecular weight is 380 g/mol. The minimum atomic E-state index is -0.601. The molecule has 0 spiro atoms. The van der Waals surface area contributed by atoms with E-state index in [0.717, 1.165) is 43.5 Å². The molecule has 148 valence electrons. The highest BCUT2D eigenvalue weighted by atomic mass is 16.5. The topological polar surface area (TPSA) is 49.8 Å². The Morgan fingerprint density at radius 1 is 1.14 bits per heavy atom. The minimum absolute atomic E-state index is 0.0726. The molecule has 2 aromatic carbocycles. The molecule has 1 saturated carbocycles. The number of amides is 1. The van der Waals surface area contributed by atoms with E-state index in [1.165, 1.54) is 0 Å². The molecule has 4 heteroatoms. The molecule has 4 rings (SSSR count). The quantitative estimate of drug-likeness (QED) is 0.844.